The zero-order valence-corrected chi connectivity index (χ0v) is 12.1. The molecule has 4 nitrogen and oxygen atoms in total. The molecule has 0 saturated heterocycles. The first-order chi connectivity index (χ1) is 9.08. The van der Waals surface area contributed by atoms with Crippen LogP contribution in [0.1, 0.15) is 30.8 Å². The lowest BCUT2D eigenvalue weighted by Crippen LogP contribution is -2.20. The molecule has 2 rings (SSSR count). The second kappa shape index (κ2) is 5.97. The number of pyridine rings is 1. The van der Waals surface area contributed by atoms with E-state index in [-0.39, 0.29) is 0 Å². The predicted octanol–water partition coefficient (Wildman–Crippen LogP) is 2.63. The largest absolute Gasteiger partial charge is 0.312 e. The van der Waals surface area contributed by atoms with Gasteiger partial charge in [0.25, 0.3) is 0 Å². The number of aromatic nitrogens is 3. The van der Waals surface area contributed by atoms with Gasteiger partial charge in [-0.1, -0.05) is 13.8 Å². The molecular weight excluding hydrogens is 236 g/mol. The molecule has 102 valence electrons. The van der Waals surface area contributed by atoms with Crippen molar-refractivity contribution >= 4 is 0 Å². The average Bonchev–Trinajstić information content (AvgIpc) is 2.68. The van der Waals surface area contributed by atoms with Crippen molar-refractivity contribution in [3.63, 3.8) is 0 Å². The highest BCUT2D eigenvalue weighted by atomic mass is 15.3. The number of hydrogen-bond donors (Lipinski definition) is 1. The maximum absolute atomic E-state index is 4.53. The fourth-order valence-corrected chi connectivity index (χ4v) is 2.12. The van der Waals surface area contributed by atoms with Crippen LogP contribution in [-0.4, -0.2) is 21.3 Å². The molecule has 0 radical (unpaired) electrons. The monoisotopic (exact) mass is 258 g/mol. The Kier molecular flexibility index (Phi) is 4.32. The molecule has 0 aliphatic rings. The number of nitrogens with one attached hydrogen (secondary N) is 1. The van der Waals surface area contributed by atoms with E-state index >= 15 is 0 Å². The topological polar surface area (TPSA) is 42.7 Å². The lowest BCUT2D eigenvalue weighted by Gasteiger charge is -2.12. The van der Waals surface area contributed by atoms with Crippen molar-refractivity contribution in [3.8, 4) is 5.69 Å². The van der Waals surface area contributed by atoms with Gasteiger partial charge in [-0.2, -0.15) is 5.10 Å². The molecule has 2 aromatic heterocycles. The van der Waals surface area contributed by atoms with E-state index in [0.29, 0.717) is 5.92 Å². The summed E-state index contributed by atoms with van der Waals surface area (Å²) in [5.74, 6) is 0.652. The van der Waals surface area contributed by atoms with Gasteiger partial charge in [0, 0.05) is 18.4 Å². The van der Waals surface area contributed by atoms with Crippen molar-refractivity contribution in [2.75, 3.05) is 6.54 Å². The normalized spacial score (nSPS) is 11.2. The molecule has 0 aliphatic heterocycles. The standard InChI is InChI=1S/C15H22N4/c1-11(2)8-17-9-14-5-6-16-10-15(14)19-13(4)7-12(3)18-19/h5-7,10-11,17H,8-9H2,1-4H3. The molecular formula is C15H22N4. The maximum Gasteiger partial charge on any atom is 0.0876 e. The van der Waals surface area contributed by atoms with E-state index in [2.05, 4.69) is 48.3 Å². The van der Waals surface area contributed by atoms with Gasteiger partial charge in [0.15, 0.2) is 0 Å². The van der Waals surface area contributed by atoms with Crippen molar-refractivity contribution in [1.82, 2.24) is 20.1 Å². The molecule has 0 amide bonds. The smallest absolute Gasteiger partial charge is 0.0876 e. The minimum absolute atomic E-state index is 0.652. The van der Waals surface area contributed by atoms with Crippen molar-refractivity contribution in [2.24, 2.45) is 5.92 Å². The highest BCUT2D eigenvalue weighted by molar-refractivity contribution is 5.39. The second-order valence-electron chi connectivity index (χ2n) is 5.37. The van der Waals surface area contributed by atoms with Crippen LogP contribution in [-0.2, 0) is 6.54 Å². The lowest BCUT2D eigenvalue weighted by molar-refractivity contribution is 0.551. The number of aryl methyl sites for hydroxylation is 2. The fraction of sp³-hybridized carbons (Fsp3) is 0.467. The molecule has 0 aliphatic carbocycles. The Balaban J connectivity index is 2.23. The summed E-state index contributed by atoms with van der Waals surface area (Å²) in [6, 6.07) is 4.14. The van der Waals surface area contributed by atoms with Crippen LogP contribution in [0.5, 0.6) is 0 Å². The van der Waals surface area contributed by atoms with Gasteiger partial charge in [-0.05, 0) is 44.0 Å². The van der Waals surface area contributed by atoms with Crippen LogP contribution in [0.2, 0.25) is 0 Å². The molecule has 0 bridgehead atoms. The average molecular weight is 258 g/mol. The Hall–Kier alpha value is -1.68. The van der Waals surface area contributed by atoms with Gasteiger partial charge in [-0.25, -0.2) is 4.68 Å². The molecule has 19 heavy (non-hydrogen) atoms. The molecule has 4 heteroatoms. The van der Waals surface area contributed by atoms with E-state index < -0.39 is 0 Å². The van der Waals surface area contributed by atoms with Gasteiger partial charge in [0.1, 0.15) is 0 Å². The van der Waals surface area contributed by atoms with Crippen molar-refractivity contribution in [2.45, 2.75) is 34.2 Å². The van der Waals surface area contributed by atoms with Crippen LogP contribution in [0.25, 0.3) is 5.69 Å². The molecule has 2 aromatic rings. The van der Waals surface area contributed by atoms with Gasteiger partial charge < -0.3 is 5.32 Å². The molecule has 0 atom stereocenters. The molecule has 2 heterocycles. The zero-order valence-electron chi connectivity index (χ0n) is 12.1. The molecule has 0 aromatic carbocycles. The summed E-state index contributed by atoms with van der Waals surface area (Å²) in [7, 11) is 0. The summed E-state index contributed by atoms with van der Waals surface area (Å²) in [6.45, 7) is 10.4. The van der Waals surface area contributed by atoms with Gasteiger partial charge in [0.05, 0.1) is 17.6 Å². The Morgan fingerprint density at radius 2 is 2.11 bits per heavy atom. The van der Waals surface area contributed by atoms with Crippen LogP contribution in [0.4, 0.5) is 0 Å². The number of hydrogen-bond acceptors (Lipinski definition) is 3. The second-order valence-corrected chi connectivity index (χ2v) is 5.37. The highest BCUT2D eigenvalue weighted by Gasteiger charge is 2.08. The summed E-state index contributed by atoms with van der Waals surface area (Å²) in [6.07, 6.45) is 3.72. The number of nitrogens with zero attached hydrogens (tertiary/aromatic N) is 3. The Morgan fingerprint density at radius 1 is 1.32 bits per heavy atom. The molecule has 1 N–H and O–H groups in total. The summed E-state index contributed by atoms with van der Waals surface area (Å²) >= 11 is 0. The molecule has 0 fully saturated rings. The van der Waals surface area contributed by atoms with Gasteiger partial charge in [-0.15, -0.1) is 0 Å². The van der Waals surface area contributed by atoms with Crippen LogP contribution in [0.15, 0.2) is 24.5 Å². The van der Waals surface area contributed by atoms with E-state index in [1.54, 1.807) is 0 Å². The summed E-state index contributed by atoms with van der Waals surface area (Å²) < 4.78 is 1.97. The van der Waals surface area contributed by atoms with Crippen LogP contribution in [0.3, 0.4) is 0 Å². The van der Waals surface area contributed by atoms with Crippen LogP contribution >= 0.6 is 0 Å². The van der Waals surface area contributed by atoms with Crippen LogP contribution < -0.4 is 5.32 Å². The molecule has 0 saturated carbocycles. The van der Waals surface area contributed by atoms with Gasteiger partial charge in [0.2, 0.25) is 0 Å². The minimum atomic E-state index is 0.652. The van der Waals surface area contributed by atoms with Crippen LogP contribution in [0, 0.1) is 19.8 Å². The maximum atomic E-state index is 4.53. The van der Waals surface area contributed by atoms with E-state index in [4.69, 9.17) is 0 Å². The van der Waals surface area contributed by atoms with Crippen molar-refractivity contribution < 1.29 is 0 Å². The Labute approximate surface area is 114 Å². The minimum Gasteiger partial charge on any atom is -0.312 e. The first-order valence-corrected chi connectivity index (χ1v) is 6.75. The van der Waals surface area contributed by atoms with E-state index in [1.807, 2.05) is 24.0 Å². The Bertz CT molecular complexity index is 543. The quantitative estimate of drug-likeness (QED) is 0.896. The van der Waals surface area contributed by atoms with E-state index in [0.717, 1.165) is 30.2 Å². The number of rotatable bonds is 5. The van der Waals surface area contributed by atoms with E-state index in [9.17, 15) is 0 Å². The summed E-state index contributed by atoms with van der Waals surface area (Å²) in [5.41, 5.74) is 4.45. The third-order valence-corrected chi connectivity index (χ3v) is 2.99. The highest BCUT2D eigenvalue weighted by Crippen LogP contribution is 2.15. The first-order valence-electron chi connectivity index (χ1n) is 6.75. The van der Waals surface area contributed by atoms with Crippen molar-refractivity contribution in [3.05, 3.63) is 41.5 Å². The molecule has 0 unspecified atom stereocenters. The van der Waals surface area contributed by atoms with E-state index in [1.165, 1.54) is 5.56 Å². The fourth-order valence-electron chi connectivity index (χ4n) is 2.12. The SMILES string of the molecule is Cc1cc(C)n(-c2cnccc2CNCC(C)C)n1. The lowest BCUT2D eigenvalue weighted by atomic mass is 10.2. The van der Waals surface area contributed by atoms with Gasteiger partial charge >= 0.3 is 0 Å². The third-order valence-electron chi connectivity index (χ3n) is 2.99. The molecule has 0 spiro atoms. The third kappa shape index (κ3) is 3.41. The van der Waals surface area contributed by atoms with Crippen molar-refractivity contribution in [1.29, 1.82) is 0 Å². The summed E-state index contributed by atoms with van der Waals surface area (Å²) in [5, 5.41) is 8.00. The zero-order chi connectivity index (χ0) is 13.8. The first kappa shape index (κ1) is 13.7. The summed E-state index contributed by atoms with van der Waals surface area (Å²) in [4.78, 5) is 4.23. The van der Waals surface area contributed by atoms with Gasteiger partial charge in [-0.3, -0.25) is 4.98 Å². The predicted molar refractivity (Wildman–Crippen MR) is 77.4 cm³/mol. The Morgan fingerprint density at radius 3 is 2.74 bits per heavy atom.